The normalized spacial score (nSPS) is 14.7. The molecule has 180 valence electrons. The fourth-order valence-corrected chi connectivity index (χ4v) is 5.43. The minimum absolute atomic E-state index is 0.126. The van der Waals surface area contributed by atoms with Gasteiger partial charge in [0.1, 0.15) is 0 Å². The number of hydrogen-bond donors (Lipinski definition) is 3. The average Bonchev–Trinajstić information content (AvgIpc) is 2.80. The third-order valence-corrected chi connectivity index (χ3v) is 7.39. The lowest BCUT2D eigenvalue weighted by atomic mass is 10.1. The zero-order valence-corrected chi connectivity index (χ0v) is 19.7. The first-order valence-electron chi connectivity index (χ1n) is 10.3. The van der Waals surface area contributed by atoms with Crippen LogP contribution in [0.15, 0.2) is 59.8 Å². The molecule has 13 heteroatoms. The summed E-state index contributed by atoms with van der Waals surface area (Å²) in [4.78, 5) is 10.2. The second-order valence-corrected chi connectivity index (χ2v) is 11.0. The molecule has 1 fully saturated rings. The van der Waals surface area contributed by atoms with E-state index in [4.69, 9.17) is 15.6 Å². The Labute approximate surface area is 197 Å². The molecule has 3 aromatic rings. The first kappa shape index (κ1) is 23.9. The van der Waals surface area contributed by atoms with Crippen LogP contribution in [-0.2, 0) is 30.5 Å². The molecule has 5 N–H and O–H groups in total. The van der Waals surface area contributed by atoms with Gasteiger partial charge in [-0.25, -0.2) is 23.5 Å². The third kappa shape index (κ3) is 5.99. The molecule has 0 atom stereocenters. The lowest BCUT2D eigenvalue weighted by Crippen LogP contribution is -2.36. The molecule has 0 unspecified atom stereocenters. The second kappa shape index (κ2) is 9.54. The van der Waals surface area contributed by atoms with Gasteiger partial charge in [0.2, 0.25) is 5.95 Å². The van der Waals surface area contributed by atoms with Crippen molar-refractivity contribution < 1.29 is 21.6 Å². The molecular weight excluding hydrogens is 480 g/mol. The van der Waals surface area contributed by atoms with Gasteiger partial charge < -0.3 is 15.4 Å². The number of rotatable bonds is 7. The standard InChI is InChI=1S/C21H24N6O5S2/c22-21-24-12-17(13-25-21)16-9-19(27-5-7-32-8-6-27)11-20(10-16)33(28,29)14-15-1-3-18(4-2-15)26-34(23,30)31/h1-4,9-13,26H,5-8,14H2,(H2,22,24,25)(H2,23,30,31). The van der Waals surface area contributed by atoms with Crippen molar-refractivity contribution in [3.05, 3.63) is 60.4 Å². The van der Waals surface area contributed by atoms with Crippen LogP contribution < -0.4 is 20.5 Å². The van der Waals surface area contributed by atoms with Crippen LogP contribution >= 0.6 is 0 Å². The summed E-state index contributed by atoms with van der Waals surface area (Å²) in [5.41, 5.74) is 8.37. The first-order chi connectivity index (χ1) is 16.1. The molecule has 34 heavy (non-hydrogen) atoms. The van der Waals surface area contributed by atoms with Crippen molar-refractivity contribution in [1.29, 1.82) is 0 Å². The number of hydrogen-bond acceptors (Lipinski definition) is 9. The molecule has 1 aromatic heterocycles. The van der Waals surface area contributed by atoms with Gasteiger partial charge in [-0.1, -0.05) is 12.1 Å². The Kier molecular flexibility index (Phi) is 6.70. The van der Waals surface area contributed by atoms with E-state index in [9.17, 15) is 16.8 Å². The number of nitrogens with one attached hydrogen (secondary N) is 1. The van der Waals surface area contributed by atoms with E-state index in [2.05, 4.69) is 19.6 Å². The van der Waals surface area contributed by atoms with Crippen molar-refractivity contribution >= 4 is 37.4 Å². The molecule has 0 radical (unpaired) electrons. The summed E-state index contributed by atoms with van der Waals surface area (Å²) in [5.74, 6) is -0.145. The summed E-state index contributed by atoms with van der Waals surface area (Å²) in [6, 6.07) is 11.1. The van der Waals surface area contributed by atoms with Gasteiger partial charge in [0.05, 0.1) is 23.9 Å². The maximum absolute atomic E-state index is 13.4. The minimum Gasteiger partial charge on any atom is -0.378 e. The number of nitrogens with zero attached hydrogens (tertiary/aromatic N) is 3. The number of sulfone groups is 1. The topological polar surface area (TPSA) is 171 Å². The highest BCUT2D eigenvalue weighted by Gasteiger charge is 2.21. The van der Waals surface area contributed by atoms with Crippen LogP contribution in [0.5, 0.6) is 0 Å². The van der Waals surface area contributed by atoms with Crippen LogP contribution in [0, 0.1) is 0 Å². The van der Waals surface area contributed by atoms with Gasteiger partial charge >= 0.3 is 0 Å². The molecule has 0 aliphatic carbocycles. The molecule has 2 heterocycles. The lowest BCUT2D eigenvalue weighted by molar-refractivity contribution is 0.122. The predicted molar refractivity (Wildman–Crippen MR) is 129 cm³/mol. The minimum atomic E-state index is -3.92. The molecule has 4 rings (SSSR count). The molecule has 1 saturated heterocycles. The van der Waals surface area contributed by atoms with E-state index in [1.165, 1.54) is 24.3 Å². The number of benzene rings is 2. The Bertz CT molecular complexity index is 1370. The number of ether oxygens (including phenoxy) is 1. The highest BCUT2D eigenvalue weighted by Crippen LogP contribution is 2.31. The molecule has 0 spiro atoms. The Balaban J connectivity index is 1.68. The SMILES string of the molecule is Nc1ncc(-c2cc(N3CCOCC3)cc(S(=O)(=O)Cc3ccc(NS(N)(=O)=O)cc3)c2)cn1. The maximum atomic E-state index is 13.4. The summed E-state index contributed by atoms with van der Waals surface area (Å²) in [6.45, 7) is 2.38. The number of nitrogens with two attached hydrogens (primary N) is 2. The molecule has 0 bridgehead atoms. The van der Waals surface area contributed by atoms with Crippen molar-refractivity contribution in [3.8, 4) is 11.1 Å². The molecule has 11 nitrogen and oxygen atoms in total. The fourth-order valence-electron chi connectivity index (χ4n) is 3.56. The predicted octanol–water partition coefficient (Wildman–Crippen LogP) is 1.15. The smallest absolute Gasteiger partial charge is 0.296 e. The van der Waals surface area contributed by atoms with Gasteiger partial charge in [-0.15, -0.1) is 0 Å². The second-order valence-electron chi connectivity index (χ2n) is 7.75. The largest absolute Gasteiger partial charge is 0.378 e. The van der Waals surface area contributed by atoms with Crippen LogP contribution in [-0.4, -0.2) is 53.1 Å². The molecule has 0 saturated carbocycles. The Morgan fingerprint density at radius 1 is 0.941 bits per heavy atom. The van der Waals surface area contributed by atoms with Crippen molar-refractivity contribution in [3.63, 3.8) is 0 Å². The molecular formula is C21H24N6O5S2. The van der Waals surface area contributed by atoms with Crippen LogP contribution in [0.3, 0.4) is 0 Å². The molecule has 2 aromatic carbocycles. The van der Waals surface area contributed by atoms with Crippen LogP contribution in [0.4, 0.5) is 17.3 Å². The van der Waals surface area contributed by atoms with Gasteiger partial charge in [0.15, 0.2) is 9.84 Å². The Morgan fingerprint density at radius 2 is 1.59 bits per heavy atom. The van der Waals surface area contributed by atoms with E-state index in [-0.39, 0.29) is 22.3 Å². The van der Waals surface area contributed by atoms with E-state index < -0.39 is 20.0 Å². The summed E-state index contributed by atoms with van der Waals surface area (Å²) in [7, 11) is -7.67. The van der Waals surface area contributed by atoms with Gasteiger partial charge in [-0.05, 0) is 41.5 Å². The van der Waals surface area contributed by atoms with Crippen LogP contribution in [0.25, 0.3) is 11.1 Å². The summed E-state index contributed by atoms with van der Waals surface area (Å²) >= 11 is 0. The van der Waals surface area contributed by atoms with Crippen molar-refractivity contribution in [1.82, 2.24) is 9.97 Å². The highest BCUT2D eigenvalue weighted by molar-refractivity contribution is 7.90. The lowest BCUT2D eigenvalue weighted by Gasteiger charge is -2.29. The van der Waals surface area contributed by atoms with E-state index in [1.807, 2.05) is 6.07 Å². The number of morpholine rings is 1. The van der Waals surface area contributed by atoms with Crippen molar-refractivity contribution in [2.45, 2.75) is 10.6 Å². The van der Waals surface area contributed by atoms with Gasteiger partial charge in [0, 0.05) is 42.4 Å². The van der Waals surface area contributed by atoms with Crippen molar-refractivity contribution in [2.24, 2.45) is 5.14 Å². The Hall–Kier alpha value is -3.26. The monoisotopic (exact) mass is 504 g/mol. The first-order valence-corrected chi connectivity index (χ1v) is 13.5. The summed E-state index contributed by atoms with van der Waals surface area (Å²) in [6.07, 6.45) is 3.10. The van der Waals surface area contributed by atoms with Gasteiger partial charge in [-0.3, -0.25) is 4.72 Å². The van der Waals surface area contributed by atoms with E-state index in [0.717, 1.165) is 5.69 Å². The van der Waals surface area contributed by atoms with Crippen LogP contribution in [0.2, 0.25) is 0 Å². The number of anilines is 3. The molecule has 0 amide bonds. The third-order valence-electron chi connectivity index (χ3n) is 5.20. The zero-order valence-electron chi connectivity index (χ0n) is 18.1. The fraction of sp³-hybridized carbons (Fsp3) is 0.238. The highest BCUT2D eigenvalue weighted by atomic mass is 32.2. The van der Waals surface area contributed by atoms with E-state index in [0.29, 0.717) is 43.0 Å². The van der Waals surface area contributed by atoms with E-state index in [1.54, 1.807) is 24.5 Å². The average molecular weight is 505 g/mol. The maximum Gasteiger partial charge on any atom is 0.296 e. The molecule has 1 aliphatic heterocycles. The zero-order chi connectivity index (χ0) is 24.3. The quantitative estimate of drug-likeness (QED) is 0.427. The van der Waals surface area contributed by atoms with Gasteiger partial charge in [0.25, 0.3) is 10.2 Å². The van der Waals surface area contributed by atoms with Crippen LogP contribution in [0.1, 0.15) is 5.56 Å². The van der Waals surface area contributed by atoms with Crippen molar-refractivity contribution in [2.75, 3.05) is 41.7 Å². The number of aromatic nitrogens is 2. The molecule has 1 aliphatic rings. The van der Waals surface area contributed by atoms with E-state index >= 15 is 0 Å². The summed E-state index contributed by atoms with van der Waals surface area (Å²) < 4.78 is 56.6. The Morgan fingerprint density at radius 3 is 2.21 bits per heavy atom. The van der Waals surface area contributed by atoms with Gasteiger partial charge in [-0.2, -0.15) is 8.42 Å². The summed E-state index contributed by atoms with van der Waals surface area (Å²) in [5, 5.41) is 4.97. The number of nitrogen functional groups attached to an aromatic ring is 1.